The summed E-state index contributed by atoms with van der Waals surface area (Å²) in [5.74, 6) is 1.25. The number of rotatable bonds is 5. The van der Waals surface area contributed by atoms with Gasteiger partial charge in [-0.2, -0.15) is 0 Å². The summed E-state index contributed by atoms with van der Waals surface area (Å²) in [6.45, 7) is 2.33. The van der Waals surface area contributed by atoms with Crippen LogP contribution in [0.2, 0.25) is 0 Å². The normalized spacial score (nSPS) is 11.2. The fourth-order valence-corrected chi connectivity index (χ4v) is 1.59. The summed E-state index contributed by atoms with van der Waals surface area (Å²) >= 11 is 0. The van der Waals surface area contributed by atoms with E-state index in [9.17, 15) is 14.7 Å². The number of carbonyl (C=O) groups excluding carboxylic acids is 1. The SMILES string of the molecule is C#CCN(CC)C(=O)NC(C(=O)O)c1ccccc1. The van der Waals surface area contributed by atoms with Gasteiger partial charge >= 0.3 is 12.0 Å². The molecular formula is C14H16N2O3. The van der Waals surface area contributed by atoms with Gasteiger partial charge in [0.05, 0.1) is 6.54 Å². The van der Waals surface area contributed by atoms with Crippen molar-refractivity contribution in [1.29, 1.82) is 0 Å². The number of nitrogens with zero attached hydrogens (tertiary/aromatic N) is 1. The average molecular weight is 260 g/mol. The zero-order valence-corrected chi connectivity index (χ0v) is 10.7. The van der Waals surface area contributed by atoms with Gasteiger partial charge in [0, 0.05) is 6.54 Å². The van der Waals surface area contributed by atoms with E-state index in [4.69, 9.17) is 6.42 Å². The molecule has 19 heavy (non-hydrogen) atoms. The summed E-state index contributed by atoms with van der Waals surface area (Å²) in [5, 5.41) is 11.6. The number of nitrogens with one attached hydrogen (secondary N) is 1. The highest BCUT2D eigenvalue weighted by molar-refractivity contribution is 5.83. The van der Waals surface area contributed by atoms with Crippen molar-refractivity contribution < 1.29 is 14.7 Å². The van der Waals surface area contributed by atoms with E-state index in [1.54, 1.807) is 37.3 Å². The van der Waals surface area contributed by atoms with Crippen LogP contribution in [0.4, 0.5) is 4.79 Å². The average Bonchev–Trinajstić information content (AvgIpc) is 2.42. The standard InChI is InChI=1S/C14H16N2O3/c1-3-10-16(4-2)14(19)15-12(13(17)18)11-8-6-5-7-9-11/h1,5-9,12H,4,10H2,2H3,(H,15,19)(H,17,18). The Kier molecular flexibility index (Phi) is 5.42. The van der Waals surface area contributed by atoms with Gasteiger partial charge in [-0.05, 0) is 12.5 Å². The van der Waals surface area contributed by atoms with Gasteiger partial charge in [-0.15, -0.1) is 6.42 Å². The lowest BCUT2D eigenvalue weighted by atomic mass is 10.1. The van der Waals surface area contributed by atoms with E-state index in [-0.39, 0.29) is 6.54 Å². The fourth-order valence-electron chi connectivity index (χ4n) is 1.59. The van der Waals surface area contributed by atoms with Crippen LogP contribution in [-0.2, 0) is 4.79 Å². The topological polar surface area (TPSA) is 69.6 Å². The predicted molar refractivity (Wildman–Crippen MR) is 71.4 cm³/mol. The molecule has 0 bridgehead atoms. The van der Waals surface area contributed by atoms with Crippen LogP contribution < -0.4 is 5.32 Å². The maximum atomic E-state index is 11.9. The molecule has 0 fully saturated rings. The zero-order chi connectivity index (χ0) is 14.3. The van der Waals surface area contributed by atoms with Gasteiger partial charge in [-0.25, -0.2) is 9.59 Å². The molecule has 0 heterocycles. The van der Waals surface area contributed by atoms with Gasteiger partial charge in [0.2, 0.25) is 0 Å². The molecule has 2 amide bonds. The Balaban J connectivity index is 2.83. The van der Waals surface area contributed by atoms with E-state index >= 15 is 0 Å². The molecule has 1 atom stereocenters. The highest BCUT2D eigenvalue weighted by atomic mass is 16.4. The maximum Gasteiger partial charge on any atom is 0.330 e. The second-order valence-corrected chi connectivity index (χ2v) is 3.85. The molecule has 2 N–H and O–H groups in total. The van der Waals surface area contributed by atoms with Gasteiger partial charge in [0.15, 0.2) is 6.04 Å². The molecule has 5 heteroatoms. The van der Waals surface area contributed by atoms with Gasteiger partial charge in [0.1, 0.15) is 0 Å². The molecule has 1 rings (SSSR count). The molecule has 1 aromatic rings. The summed E-state index contributed by atoms with van der Waals surface area (Å²) in [7, 11) is 0. The third-order valence-electron chi connectivity index (χ3n) is 2.60. The first kappa shape index (κ1) is 14.6. The van der Waals surface area contributed by atoms with Crippen molar-refractivity contribution in [3.8, 4) is 12.3 Å². The predicted octanol–water partition coefficient (Wildman–Crippen LogP) is 1.48. The molecular weight excluding hydrogens is 244 g/mol. The van der Waals surface area contributed by atoms with Gasteiger partial charge in [0.25, 0.3) is 0 Å². The largest absolute Gasteiger partial charge is 0.479 e. The minimum atomic E-state index is -1.11. The number of hydrogen-bond acceptors (Lipinski definition) is 2. The molecule has 0 aliphatic carbocycles. The third-order valence-corrected chi connectivity index (χ3v) is 2.60. The van der Waals surface area contributed by atoms with Crippen molar-refractivity contribution in [2.24, 2.45) is 0 Å². The molecule has 100 valence electrons. The first-order valence-corrected chi connectivity index (χ1v) is 5.86. The van der Waals surface area contributed by atoms with Gasteiger partial charge < -0.3 is 15.3 Å². The number of urea groups is 1. The number of aliphatic carboxylic acids is 1. The minimum absolute atomic E-state index is 0.142. The molecule has 0 saturated carbocycles. The Morgan fingerprint density at radius 1 is 1.42 bits per heavy atom. The van der Waals surface area contributed by atoms with Crippen LogP contribution in [-0.4, -0.2) is 35.1 Å². The van der Waals surface area contributed by atoms with Crippen molar-refractivity contribution >= 4 is 12.0 Å². The maximum absolute atomic E-state index is 11.9. The zero-order valence-electron chi connectivity index (χ0n) is 10.7. The molecule has 1 aromatic carbocycles. The van der Waals surface area contributed by atoms with E-state index in [0.717, 1.165) is 0 Å². The molecule has 0 aliphatic heterocycles. The summed E-state index contributed by atoms with van der Waals surface area (Å²) < 4.78 is 0. The lowest BCUT2D eigenvalue weighted by Gasteiger charge is -2.22. The molecule has 0 spiro atoms. The molecule has 0 aliphatic rings. The van der Waals surface area contributed by atoms with Crippen LogP contribution in [0.5, 0.6) is 0 Å². The highest BCUT2D eigenvalue weighted by Crippen LogP contribution is 2.13. The molecule has 5 nitrogen and oxygen atoms in total. The van der Waals surface area contributed by atoms with E-state index in [1.807, 2.05) is 0 Å². The number of carbonyl (C=O) groups is 2. The van der Waals surface area contributed by atoms with Crippen molar-refractivity contribution in [3.63, 3.8) is 0 Å². The van der Waals surface area contributed by atoms with Crippen LogP contribution in [0.1, 0.15) is 18.5 Å². The van der Waals surface area contributed by atoms with Crippen molar-refractivity contribution in [2.75, 3.05) is 13.1 Å². The van der Waals surface area contributed by atoms with Crippen LogP contribution in [0, 0.1) is 12.3 Å². The van der Waals surface area contributed by atoms with Gasteiger partial charge in [-0.3, -0.25) is 0 Å². The first-order valence-electron chi connectivity index (χ1n) is 5.86. The summed E-state index contributed by atoms with van der Waals surface area (Å²) in [5.41, 5.74) is 0.514. The number of carboxylic acids is 1. The molecule has 0 saturated heterocycles. The molecule has 1 unspecified atom stereocenters. The van der Waals surface area contributed by atoms with Crippen LogP contribution >= 0.6 is 0 Å². The monoisotopic (exact) mass is 260 g/mol. The summed E-state index contributed by atoms with van der Waals surface area (Å²) in [6.07, 6.45) is 5.16. The Labute approximate surface area is 112 Å². The van der Waals surface area contributed by atoms with Crippen molar-refractivity contribution in [1.82, 2.24) is 10.2 Å². The number of terminal acetylenes is 1. The van der Waals surface area contributed by atoms with Crippen LogP contribution in [0.15, 0.2) is 30.3 Å². The number of hydrogen-bond donors (Lipinski definition) is 2. The Morgan fingerprint density at radius 2 is 2.05 bits per heavy atom. The lowest BCUT2D eigenvalue weighted by Crippen LogP contribution is -2.43. The van der Waals surface area contributed by atoms with E-state index < -0.39 is 18.0 Å². The van der Waals surface area contributed by atoms with E-state index in [1.165, 1.54) is 4.90 Å². The van der Waals surface area contributed by atoms with E-state index in [0.29, 0.717) is 12.1 Å². The quantitative estimate of drug-likeness (QED) is 0.788. The van der Waals surface area contributed by atoms with Crippen molar-refractivity contribution in [2.45, 2.75) is 13.0 Å². The summed E-state index contributed by atoms with van der Waals surface area (Å²) in [6, 6.07) is 6.94. The first-order chi connectivity index (χ1) is 9.10. The number of carboxylic acid groups (broad SMARTS) is 1. The Morgan fingerprint density at radius 3 is 2.53 bits per heavy atom. The summed E-state index contributed by atoms with van der Waals surface area (Å²) in [4.78, 5) is 24.5. The van der Waals surface area contributed by atoms with E-state index in [2.05, 4.69) is 11.2 Å². The molecule has 0 aromatic heterocycles. The Bertz CT molecular complexity index is 479. The number of benzene rings is 1. The molecule has 0 radical (unpaired) electrons. The van der Waals surface area contributed by atoms with Gasteiger partial charge in [-0.1, -0.05) is 36.3 Å². The van der Waals surface area contributed by atoms with Crippen molar-refractivity contribution in [3.05, 3.63) is 35.9 Å². The Hall–Kier alpha value is -2.48. The second kappa shape index (κ2) is 7.07. The lowest BCUT2D eigenvalue weighted by molar-refractivity contribution is -0.139. The highest BCUT2D eigenvalue weighted by Gasteiger charge is 2.23. The fraction of sp³-hybridized carbons (Fsp3) is 0.286. The van der Waals surface area contributed by atoms with Crippen LogP contribution in [0.3, 0.4) is 0 Å². The smallest absolute Gasteiger partial charge is 0.330 e. The third kappa shape index (κ3) is 4.03. The number of amides is 2. The minimum Gasteiger partial charge on any atom is -0.479 e. The van der Waals surface area contributed by atoms with Crippen LogP contribution in [0.25, 0.3) is 0 Å². The second-order valence-electron chi connectivity index (χ2n) is 3.85.